The van der Waals surface area contributed by atoms with Crippen molar-refractivity contribution in [2.75, 3.05) is 5.75 Å². The molecule has 0 aliphatic heterocycles. The van der Waals surface area contributed by atoms with Gasteiger partial charge in [0.15, 0.2) is 0 Å². The Morgan fingerprint density at radius 2 is 1.87 bits per heavy atom. The van der Waals surface area contributed by atoms with Crippen LogP contribution in [0.2, 0.25) is 0 Å². The normalized spacial score (nSPS) is 13.8. The monoisotopic (exact) mass is 231 g/mol. The minimum absolute atomic E-state index is 0.0402. The van der Waals surface area contributed by atoms with Crippen molar-refractivity contribution in [3.8, 4) is 0 Å². The van der Waals surface area contributed by atoms with Crippen molar-refractivity contribution in [3.63, 3.8) is 0 Å². The summed E-state index contributed by atoms with van der Waals surface area (Å²) in [5, 5.41) is 0. The summed E-state index contributed by atoms with van der Waals surface area (Å²) in [4.78, 5) is 0. The predicted octanol–water partition coefficient (Wildman–Crippen LogP) is 1.83. The Balaban J connectivity index is 2.78. The molecule has 5 heteroatoms. The molecule has 0 fully saturated rings. The molecule has 0 aliphatic carbocycles. The van der Waals surface area contributed by atoms with Crippen LogP contribution in [0.1, 0.15) is 25.5 Å². The third kappa shape index (κ3) is 3.60. The largest absolute Gasteiger partial charge is 0.212 e. The van der Waals surface area contributed by atoms with E-state index in [4.69, 9.17) is 0 Å². The molecule has 3 nitrogen and oxygen atoms in total. The fourth-order valence-electron chi connectivity index (χ4n) is 1.17. The van der Waals surface area contributed by atoms with Crippen LogP contribution in [0.15, 0.2) is 24.3 Å². The van der Waals surface area contributed by atoms with Crippen molar-refractivity contribution in [1.82, 2.24) is 4.72 Å². The van der Waals surface area contributed by atoms with Crippen LogP contribution in [0, 0.1) is 5.82 Å². The van der Waals surface area contributed by atoms with Gasteiger partial charge in [0, 0.05) is 6.04 Å². The molecule has 84 valence electrons. The summed E-state index contributed by atoms with van der Waals surface area (Å²) in [6.45, 7) is 3.29. The van der Waals surface area contributed by atoms with E-state index < -0.39 is 10.0 Å². The van der Waals surface area contributed by atoms with Crippen molar-refractivity contribution in [1.29, 1.82) is 0 Å². The lowest BCUT2D eigenvalue weighted by atomic mass is 10.1. The molecule has 0 spiro atoms. The van der Waals surface area contributed by atoms with Crippen LogP contribution >= 0.6 is 0 Å². The summed E-state index contributed by atoms with van der Waals surface area (Å²) in [5.74, 6) is -0.289. The van der Waals surface area contributed by atoms with Crippen molar-refractivity contribution < 1.29 is 12.8 Å². The fraction of sp³-hybridized carbons (Fsp3) is 0.400. The topological polar surface area (TPSA) is 46.2 Å². The second kappa shape index (κ2) is 4.72. The first-order valence-electron chi connectivity index (χ1n) is 4.70. The number of sulfonamides is 1. The Labute approximate surface area is 89.4 Å². The van der Waals surface area contributed by atoms with Crippen LogP contribution in [0.3, 0.4) is 0 Å². The van der Waals surface area contributed by atoms with Gasteiger partial charge in [-0.2, -0.15) is 0 Å². The van der Waals surface area contributed by atoms with Gasteiger partial charge in [-0.1, -0.05) is 12.1 Å². The lowest BCUT2D eigenvalue weighted by Crippen LogP contribution is -2.28. The van der Waals surface area contributed by atoms with Crippen molar-refractivity contribution in [2.24, 2.45) is 0 Å². The van der Waals surface area contributed by atoms with E-state index >= 15 is 0 Å². The molecule has 15 heavy (non-hydrogen) atoms. The van der Waals surface area contributed by atoms with Gasteiger partial charge in [-0.05, 0) is 31.5 Å². The molecule has 1 atom stereocenters. The highest BCUT2D eigenvalue weighted by Crippen LogP contribution is 2.13. The molecule has 0 aromatic heterocycles. The first-order chi connectivity index (χ1) is 6.94. The fourth-order valence-corrected chi connectivity index (χ4v) is 2.01. The average Bonchev–Trinajstić information content (AvgIpc) is 2.18. The SMILES string of the molecule is CCS(=O)(=O)NC(C)c1ccc(F)cc1. The van der Waals surface area contributed by atoms with E-state index in [-0.39, 0.29) is 17.6 Å². The Bertz CT molecular complexity index is 414. The van der Waals surface area contributed by atoms with E-state index in [0.29, 0.717) is 0 Å². The predicted molar refractivity (Wildman–Crippen MR) is 57.4 cm³/mol. The first-order valence-corrected chi connectivity index (χ1v) is 6.35. The van der Waals surface area contributed by atoms with E-state index in [0.717, 1.165) is 5.56 Å². The standard InChI is InChI=1S/C10H14FNO2S/c1-3-15(13,14)12-8(2)9-4-6-10(11)7-5-9/h4-8,12H,3H2,1-2H3. The average molecular weight is 231 g/mol. The maximum Gasteiger partial charge on any atom is 0.211 e. The summed E-state index contributed by atoms with van der Waals surface area (Å²) in [5.41, 5.74) is 0.744. The van der Waals surface area contributed by atoms with Gasteiger partial charge in [0.25, 0.3) is 0 Å². The van der Waals surface area contributed by atoms with Crippen LogP contribution in [-0.2, 0) is 10.0 Å². The molecule has 0 amide bonds. The maximum absolute atomic E-state index is 12.6. The van der Waals surface area contributed by atoms with Crippen LogP contribution in [0.4, 0.5) is 4.39 Å². The van der Waals surface area contributed by atoms with Gasteiger partial charge in [-0.15, -0.1) is 0 Å². The van der Waals surface area contributed by atoms with Gasteiger partial charge in [0.2, 0.25) is 10.0 Å². The van der Waals surface area contributed by atoms with Gasteiger partial charge >= 0.3 is 0 Å². The second-order valence-electron chi connectivity index (χ2n) is 3.29. The van der Waals surface area contributed by atoms with Crippen molar-refractivity contribution in [3.05, 3.63) is 35.6 Å². The minimum atomic E-state index is -3.22. The third-order valence-electron chi connectivity index (χ3n) is 2.11. The van der Waals surface area contributed by atoms with E-state index in [1.807, 2.05) is 0 Å². The number of hydrogen-bond donors (Lipinski definition) is 1. The Kier molecular flexibility index (Phi) is 3.82. The first kappa shape index (κ1) is 12.1. The molecule has 1 aromatic rings. The quantitative estimate of drug-likeness (QED) is 0.859. The van der Waals surface area contributed by atoms with E-state index in [1.54, 1.807) is 26.0 Å². The van der Waals surface area contributed by atoms with E-state index in [2.05, 4.69) is 4.72 Å². The molecule has 0 saturated heterocycles. The zero-order chi connectivity index (χ0) is 11.5. The summed E-state index contributed by atoms with van der Waals surface area (Å²) in [7, 11) is -3.22. The van der Waals surface area contributed by atoms with Crippen molar-refractivity contribution >= 4 is 10.0 Å². The zero-order valence-corrected chi connectivity index (χ0v) is 9.51. The summed E-state index contributed by atoms with van der Waals surface area (Å²) < 4.78 is 37.6. The molecule has 0 bridgehead atoms. The van der Waals surface area contributed by atoms with Gasteiger partial charge in [-0.3, -0.25) is 0 Å². The molecule has 0 radical (unpaired) electrons. The summed E-state index contributed by atoms with van der Waals surface area (Å²) in [6.07, 6.45) is 0. The molecular formula is C10H14FNO2S. The number of hydrogen-bond acceptors (Lipinski definition) is 2. The Morgan fingerprint density at radius 3 is 2.33 bits per heavy atom. The lowest BCUT2D eigenvalue weighted by Gasteiger charge is -2.13. The van der Waals surface area contributed by atoms with Gasteiger partial charge in [0.1, 0.15) is 5.82 Å². The smallest absolute Gasteiger partial charge is 0.211 e. The summed E-state index contributed by atoms with van der Waals surface area (Å²) >= 11 is 0. The minimum Gasteiger partial charge on any atom is -0.212 e. The highest BCUT2D eigenvalue weighted by atomic mass is 32.2. The molecular weight excluding hydrogens is 217 g/mol. The van der Waals surface area contributed by atoms with Gasteiger partial charge in [-0.25, -0.2) is 17.5 Å². The zero-order valence-electron chi connectivity index (χ0n) is 8.70. The molecule has 1 unspecified atom stereocenters. The highest BCUT2D eigenvalue weighted by Gasteiger charge is 2.13. The number of benzene rings is 1. The maximum atomic E-state index is 12.6. The Morgan fingerprint density at radius 1 is 1.33 bits per heavy atom. The molecule has 0 heterocycles. The van der Waals surface area contributed by atoms with E-state index in [9.17, 15) is 12.8 Å². The van der Waals surface area contributed by atoms with Gasteiger partial charge in [0.05, 0.1) is 5.75 Å². The Hall–Kier alpha value is -0.940. The summed E-state index contributed by atoms with van der Waals surface area (Å²) in [6, 6.07) is 5.42. The lowest BCUT2D eigenvalue weighted by molar-refractivity contribution is 0.567. The third-order valence-corrected chi connectivity index (χ3v) is 3.58. The number of halogens is 1. The number of rotatable bonds is 4. The van der Waals surface area contributed by atoms with Crippen molar-refractivity contribution in [2.45, 2.75) is 19.9 Å². The highest BCUT2D eigenvalue weighted by molar-refractivity contribution is 7.89. The number of nitrogens with one attached hydrogen (secondary N) is 1. The molecule has 1 rings (SSSR count). The molecule has 1 N–H and O–H groups in total. The second-order valence-corrected chi connectivity index (χ2v) is 5.34. The molecule has 0 saturated carbocycles. The molecule has 1 aromatic carbocycles. The van der Waals surface area contributed by atoms with Crippen LogP contribution in [0.5, 0.6) is 0 Å². The van der Waals surface area contributed by atoms with Crippen LogP contribution < -0.4 is 4.72 Å². The van der Waals surface area contributed by atoms with Gasteiger partial charge < -0.3 is 0 Å². The van der Waals surface area contributed by atoms with Crippen LogP contribution in [0.25, 0.3) is 0 Å². The van der Waals surface area contributed by atoms with E-state index in [1.165, 1.54) is 12.1 Å². The molecule has 0 aliphatic rings. The van der Waals surface area contributed by atoms with Crippen LogP contribution in [-0.4, -0.2) is 14.2 Å².